The van der Waals surface area contributed by atoms with E-state index in [4.69, 9.17) is 9.16 Å². The Morgan fingerprint density at radius 3 is 2.59 bits per heavy atom. The van der Waals surface area contributed by atoms with Crippen LogP contribution in [0.5, 0.6) is 0 Å². The molecule has 0 N–H and O–H groups in total. The second-order valence-corrected chi connectivity index (χ2v) is 14.8. The van der Waals surface area contributed by atoms with Crippen molar-refractivity contribution >= 4 is 36.1 Å². The second-order valence-electron chi connectivity index (χ2n) is 8.92. The molecule has 0 bridgehead atoms. The lowest BCUT2D eigenvalue weighted by molar-refractivity contribution is -0.150. The van der Waals surface area contributed by atoms with Crippen LogP contribution >= 0.6 is 15.9 Å². The molecular formula is C19H33BrN2O4Si. The van der Waals surface area contributed by atoms with Gasteiger partial charge >= 0.3 is 5.97 Å². The Bertz CT molecular complexity index is 579. The predicted octanol–water partition coefficient (Wildman–Crippen LogP) is 3.34. The van der Waals surface area contributed by atoms with Crippen molar-refractivity contribution in [2.24, 2.45) is 5.92 Å². The maximum atomic E-state index is 12.5. The fourth-order valence-electron chi connectivity index (χ4n) is 3.19. The van der Waals surface area contributed by atoms with Crippen molar-refractivity contribution in [3.63, 3.8) is 0 Å². The maximum absolute atomic E-state index is 12.5. The van der Waals surface area contributed by atoms with Crippen LogP contribution in [0.1, 0.15) is 33.6 Å². The number of ether oxygens (including phenoxy) is 1. The predicted molar refractivity (Wildman–Crippen MR) is 112 cm³/mol. The number of rotatable bonds is 7. The zero-order chi connectivity index (χ0) is 20.4. The number of hydrazine groups is 1. The highest BCUT2D eigenvalue weighted by molar-refractivity contribution is 9.10. The first-order valence-corrected chi connectivity index (χ1v) is 13.4. The van der Waals surface area contributed by atoms with Gasteiger partial charge < -0.3 is 9.16 Å². The molecule has 2 saturated heterocycles. The lowest BCUT2D eigenvalue weighted by atomic mass is 10.1. The molecule has 6 nitrogen and oxygen atoms in total. The number of carbonyl (C=O) groups is 2. The van der Waals surface area contributed by atoms with Gasteiger partial charge in [0.25, 0.3) is 5.91 Å². The summed E-state index contributed by atoms with van der Waals surface area (Å²) < 4.78 is 11.7. The van der Waals surface area contributed by atoms with Gasteiger partial charge in [-0.2, -0.15) is 0 Å². The summed E-state index contributed by atoms with van der Waals surface area (Å²) in [5.74, 6) is -0.413. The lowest BCUT2D eigenvalue weighted by Gasteiger charge is -2.39. The van der Waals surface area contributed by atoms with Crippen LogP contribution in [0.15, 0.2) is 12.7 Å². The monoisotopic (exact) mass is 460 g/mol. The standard InChI is InChI=1S/C19H33BrN2O4Si/c1-7-10-25-18(24)14-11-15(13-26-27(5,6)19(2,3)4)22(12-14)21-9-8-16(20)17(21)23/h7,14-16H,1,8-13H2,2-6H3/t14-,15+,16+/m1/s1. The topological polar surface area (TPSA) is 59.1 Å². The molecule has 2 aliphatic rings. The molecule has 0 aromatic rings. The Labute approximate surface area is 172 Å². The van der Waals surface area contributed by atoms with Crippen LogP contribution < -0.4 is 0 Å². The van der Waals surface area contributed by atoms with Crippen molar-refractivity contribution in [2.75, 3.05) is 26.3 Å². The van der Waals surface area contributed by atoms with Crippen LogP contribution in [0, 0.1) is 5.92 Å². The van der Waals surface area contributed by atoms with E-state index in [0.29, 0.717) is 26.1 Å². The molecular weight excluding hydrogens is 428 g/mol. The summed E-state index contributed by atoms with van der Waals surface area (Å²) in [7, 11) is -1.91. The van der Waals surface area contributed by atoms with E-state index in [1.807, 2.05) is 5.01 Å². The quantitative estimate of drug-likeness (QED) is 0.252. The molecule has 27 heavy (non-hydrogen) atoms. The minimum absolute atomic E-state index is 0.00200. The average molecular weight is 461 g/mol. The van der Waals surface area contributed by atoms with Gasteiger partial charge in [-0.15, -0.1) is 0 Å². The highest BCUT2D eigenvalue weighted by Crippen LogP contribution is 2.38. The summed E-state index contributed by atoms with van der Waals surface area (Å²) in [4.78, 5) is 24.8. The molecule has 0 aliphatic carbocycles. The molecule has 0 unspecified atom stereocenters. The Balaban J connectivity index is 2.11. The minimum Gasteiger partial charge on any atom is -0.461 e. The van der Waals surface area contributed by atoms with Gasteiger partial charge in [-0.3, -0.25) is 14.6 Å². The maximum Gasteiger partial charge on any atom is 0.310 e. The summed E-state index contributed by atoms with van der Waals surface area (Å²) in [6, 6.07) is 0.00200. The van der Waals surface area contributed by atoms with Crippen molar-refractivity contribution in [2.45, 2.75) is 62.6 Å². The van der Waals surface area contributed by atoms with E-state index in [9.17, 15) is 9.59 Å². The molecule has 0 aromatic heterocycles. The third-order valence-electron chi connectivity index (χ3n) is 5.93. The van der Waals surface area contributed by atoms with E-state index in [1.165, 1.54) is 0 Å². The van der Waals surface area contributed by atoms with Crippen molar-refractivity contribution in [1.82, 2.24) is 10.0 Å². The largest absolute Gasteiger partial charge is 0.461 e. The van der Waals surface area contributed by atoms with Gasteiger partial charge in [-0.1, -0.05) is 49.4 Å². The summed E-state index contributed by atoms with van der Waals surface area (Å²) in [5.41, 5.74) is 0. The van der Waals surface area contributed by atoms with E-state index in [2.05, 4.69) is 56.4 Å². The highest BCUT2D eigenvalue weighted by Gasteiger charge is 2.46. The van der Waals surface area contributed by atoms with E-state index in [-0.39, 0.29) is 40.3 Å². The van der Waals surface area contributed by atoms with Gasteiger partial charge in [-0.25, -0.2) is 5.01 Å². The van der Waals surface area contributed by atoms with Crippen LogP contribution in [0.4, 0.5) is 0 Å². The van der Waals surface area contributed by atoms with Crippen LogP contribution in [0.3, 0.4) is 0 Å². The molecule has 1 amide bonds. The minimum atomic E-state index is -1.91. The lowest BCUT2D eigenvalue weighted by Crippen LogP contribution is -2.51. The zero-order valence-corrected chi connectivity index (χ0v) is 19.8. The SMILES string of the molecule is C=CCOC(=O)[C@@H]1C[C@@H](CO[Si](C)(C)C(C)(C)C)N(N2CC[C@H](Br)C2=O)C1. The molecule has 2 fully saturated rings. The smallest absolute Gasteiger partial charge is 0.310 e. The molecule has 8 heteroatoms. The van der Waals surface area contributed by atoms with Crippen molar-refractivity contribution in [3.05, 3.63) is 12.7 Å². The van der Waals surface area contributed by atoms with E-state index >= 15 is 0 Å². The molecule has 3 atom stereocenters. The molecule has 154 valence electrons. The molecule has 2 heterocycles. The van der Waals surface area contributed by atoms with Gasteiger partial charge in [0.2, 0.25) is 0 Å². The normalized spacial score (nSPS) is 27.3. The van der Waals surface area contributed by atoms with E-state index in [0.717, 1.165) is 6.42 Å². The number of amides is 1. The van der Waals surface area contributed by atoms with Crippen molar-refractivity contribution < 1.29 is 18.8 Å². The summed E-state index contributed by atoms with van der Waals surface area (Å²) >= 11 is 3.44. The summed E-state index contributed by atoms with van der Waals surface area (Å²) in [5, 5.41) is 3.94. The first-order chi connectivity index (χ1) is 12.5. The summed E-state index contributed by atoms with van der Waals surface area (Å²) in [6.07, 6.45) is 2.99. The molecule has 0 spiro atoms. The van der Waals surface area contributed by atoms with Gasteiger partial charge in [0.1, 0.15) is 6.61 Å². The third kappa shape index (κ3) is 5.22. The first-order valence-electron chi connectivity index (χ1n) is 9.61. The van der Waals surface area contributed by atoms with Crippen molar-refractivity contribution in [3.8, 4) is 0 Å². The second kappa shape index (κ2) is 8.76. The number of hydrogen-bond donors (Lipinski definition) is 0. The Hall–Kier alpha value is -0.703. The average Bonchev–Trinajstić information content (AvgIpc) is 3.14. The number of hydrogen-bond acceptors (Lipinski definition) is 5. The van der Waals surface area contributed by atoms with Gasteiger partial charge in [0.05, 0.1) is 23.4 Å². The van der Waals surface area contributed by atoms with E-state index in [1.54, 1.807) is 11.1 Å². The fourth-order valence-corrected chi connectivity index (χ4v) is 4.67. The number of carbonyl (C=O) groups excluding carboxylic acids is 2. The highest BCUT2D eigenvalue weighted by atomic mass is 79.9. The fraction of sp³-hybridized carbons (Fsp3) is 0.789. The van der Waals surface area contributed by atoms with Crippen LogP contribution in [0.2, 0.25) is 18.1 Å². The Morgan fingerprint density at radius 1 is 1.41 bits per heavy atom. The molecule has 2 aliphatic heterocycles. The third-order valence-corrected chi connectivity index (χ3v) is 11.3. The van der Waals surface area contributed by atoms with E-state index < -0.39 is 8.32 Å². The molecule has 0 saturated carbocycles. The van der Waals surface area contributed by atoms with Crippen LogP contribution in [0.25, 0.3) is 0 Å². The Morgan fingerprint density at radius 2 is 2.07 bits per heavy atom. The number of alkyl halides is 1. The molecule has 2 rings (SSSR count). The number of halogens is 1. The number of nitrogens with zero attached hydrogens (tertiary/aromatic N) is 2. The van der Waals surface area contributed by atoms with Crippen LogP contribution in [-0.2, 0) is 18.8 Å². The van der Waals surface area contributed by atoms with Gasteiger partial charge in [0, 0.05) is 13.1 Å². The molecule has 0 radical (unpaired) electrons. The van der Waals surface area contributed by atoms with Crippen LogP contribution in [-0.4, -0.2) is 67.4 Å². The zero-order valence-electron chi connectivity index (χ0n) is 17.2. The van der Waals surface area contributed by atoms with Gasteiger partial charge in [-0.05, 0) is 31.0 Å². The number of esters is 1. The van der Waals surface area contributed by atoms with Gasteiger partial charge in [0.15, 0.2) is 8.32 Å². The Kier molecular flexibility index (Phi) is 7.32. The summed E-state index contributed by atoms with van der Waals surface area (Å²) in [6.45, 7) is 16.6. The first kappa shape index (κ1) is 22.6. The van der Waals surface area contributed by atoms with Crippen molar-refractivity contribution in [1.29, 1.82) is 0 Å². The molecule has 0 aromatic carbocycles.